The predicted octanol–water partition coefficient (Wildman–Crippen LogP) is 4.94. The summed E-state index contributed by atoms with van der Waals surface area (Å²) >= 11 is 4.02. The minimum atomic E-state index is -0.868. The van der Waals surface area contributed by atoms with Crippen LogP contribution in [0.1, 0.15) is 30.6 Å². The van der Waals surface area contributed by atoms with Gasteiger partial charge in [-0.1, -0.05) is 29.8 Å². The largest absolute Gasteiger partial charge is 0.506 e. The van der Waals surface area contributed by atoms with Crippen molar-refractivity contribution >= 4 is 57.1 Å². The number of rotatable bonds is 5. The van der Waals surface area contributed by atoms with Crippen molar-refractivity contribution < 1.29 is 24.5 Å². The molecule has 0 saturated heterocycles. The fraction of sp³-hybridized carbons (Fsp3) is 0.273. The molecule has 1 amide bonds. The van der Waals surface area contributed by atoms with Gasteiger partial charge in [0, 0.05) is 18.7 Å². The minimum absolute atomic E-state index is 0.103. The highest BCUT2D eigenvalue weighted by Crippen LogP contribution is 2.34. The van der Waals surface area contributed by atoms with Gasteiger partial charge in [-0.05, 0) is 89.7 Å². The molecule has 0 atom stereocenters. The molecule has 158 valence electrons. The summed E-state index contributed by atoms with van der Waals surface area (Å²) in [6.07, 6.45) is 2.47. The Morgan fingerprint density at radius 3 is 2.30 bits per heavy atom. The van der Waals surface area contributed by atoms with Gasteiger partial charge in [0.2, 0.25) is 0 Å². The van der Waals surface area contributed by atoms with Crippen LogP contribution in [0.15, 0.2) is 54.1 Å². The summed E-state index contributed by atoms with van der Waals surface area (Å²) in [4.78, 5) is 37.3. The summed E-state index contributed by atoms with van der Waals surface area (Å²) in [7, 11) is 0. The topological polar surface area (TPSA) is 76.1 Å². The fourth-order valence-electron chi connectivity index (χ4n) is 3.09. The number of aromatic hydroxyl groups is 1. The maximum absolute atomic E-state index is 12.9. The molecule has 3 rings (SSSR count). The molecule has 1 aliphatic heterocycles. The van der Waals surface area contributed by atoms with E-state index in [1.54, 1.807) is 55.1 Å². The van der Waals surface area contributed by atoms with Crippen molar-refractivity contribution in [1.29, 1.82) is 0 Å². The maximum Gasteiger partial charge on any atom is 0.364 e. The number of hydrogen-bond donors (Lipinski definition) is 1. The van der Waals surface area contributed by atoms with Crippen molar-refractivity contribution in [2.45, 2.75) is 20.3 Å². The third-order valence-electron chi connectivity index (χ3n) is 5.03. The smallest absolute Gasteiger partial charge is 0.364 e. The molecule has 2 aromatic rings. The van der Waals surface area contributed by atoms with Crippen LogP contribution in [0.5, 0.6) is 11.5 Å². The molecule has 6 nitrogen and oxygen atoms in total. The van der Waals surface area contributed by atoms with Crippen LogP contribution in [-0.4, -0.2) is 35.0 Å². The van der Waals surface area contributed by atoms with Gasteiger partial charge in [0.05, 0.1) is 12.6 Å². The number of phenolic OH excluding ortho intramolecular Hbond substituents is 1. The number of para-hydroxylation sites is 1. The number of halogens is 2. The van der Waals surface area contributed by atoms with E-state index in [2.05, 4.69) is 0 Å². The second-order valence-corrected chi connectivity index (χ2v) is 9.74. The van der Waals surface area contributed by atoms with Crippen LogP contribution in [0.3, 0.4) is 0 Å². The molecule has 0 aliphatic carbocycles. The average Bonchev–Trinajstić information content (AvgIpc) is 2.75. The van der Waals surface area contributed by atoms with E-state index in [4.69, 9.17) is 9.78 Å². The molecule has 0 aromatic heterocycles. The Balaban J connectivity index is 1.65. The molecule has 2 aromatic carbocycles. The Labute approximate surface area is 202 Å². The molecule has 0 bridgehead atoms. The van der Waals surface area contributed by atoms with Gasteiger partial charge in [-0.3, -0.25) is 9.68 Å². The third-order valence-corrected chi connectivity index (χ3v) is 6.67. The van der Waals surface area contributed by atoms with Crippen LogP contribution in [-0.2, 0) is 9.68 Å². The van der Waals surface area contributed by atoms with Crippen molar-refractivity contribution in [2.75, 3.05) is 13.1 Å². The Hall–Kier alpha value is -1.82. The summed E-state index contributed by atoms with van der Waals surface area (Å²) < 4.78 is 1.27. The van der Waals surface area contributed by atoms with Gasteiger partial charge in [-0.15, -0.1) is 0 Å². The lowest BCUT2D eigenvalue weighted by Crippen LogP contribution is -2.39. The molecule has 0 fully saturated rings. The first kappa shape index (κ1) is 22.9. The van der Waals surface area contributed by atoms with E-state index in [1.807, 2.05) is 57.3 Å². The van der Waals surface area contributed by atoms with E-state index in [0.717, 1.165) is 5.57 Å². The normalized spacial score (nSPS) is 14.1. The van der Waals surface area contributed by atoms with Crippen LogP contribution in [0.25, 0.3) is 0 Å². The van der Waals surface area contributed by atoms with Crippen molar-refractivity contribution in [3.8, 4) is 11.5 Å². The predicted molar refractivity (Wildman–Crippen MR) is 129 cm³/mol. The SMILES string of the molecule is CC(C)(C(=O)OOc1ccccc1)C1=CCN(C(=O)c2cc(I)c(O)c(I)c2)CC1. The maximum atomic E-state index is 12.9. The minimum Gasteiger partial charge on any atom is -0.506 e. The number of carbonyl (C=O) groups is 2. The Morgan fingerprint density at radius 2 is 1.73 bits per heavy atom. The van der Waals surface area contributed by atoms with Crippen molar-refractivity contribution in [3.05, 3.63) is 66.8 Å². The van der Waals surface area contributed by atoms with E-state index < -0.39 is 11.4 Å². The zero-order chi connectivity index (χ0) is 21.9. The van der Waals surface area contributed by atoms with Gasteiger partial charge < -0.3 is 10.0 Å². The molecule has 0 unspecified atom stereocenters. The molecule has 1 heterocycles. The number of nitrogens with zero attached hydrogens (tertiary/aromatic N) is 1. The molecule has 1 N–H and O–H groups in total. The van der Waals surface area contributed by atoms with E-state index in [9.17, 15) is 14.7 Å². The van der Waals surface area contributed by atoms with Gasteiger partial charge in [0.1, 0.15) is 5.75 Å². The second kappa shape index (κ2) is 9.54. The summed E-state index contributed by atoms with van der Waals surface area (Å²) in [5.41, 5.74) is 0.573. The van der Waals surface area contributed by atoms with E-state index in [1.165, 1.54) is 0 Å². The highest BCUT2D eigenvalue weighted by atomic mass is 127. The van der Waals surface area contributed by atoms with Gasteiger partial charge in [-0.2, -0.15) is 0 Å². The highest BCUT2D eigenvalue weighted by Gasteiger charge is 2.37. The lowest BCUT2D eigenvalue weighted by molar-refractivity contribution is -0.222. The Bertz CT molecular complexity index is 965. The zero-order valence-corrected chi connectivity index (χ0v) is 20.8. The molecule has 0 saturated carbocycles. The zero-order valence-electron chi connectivity index (χ0n) is 16.5. The molecule has 30 heavy (non-hydrogen) atoms. The summed E-state index contributed by atoms with van der Waals surface area (Å²) in [5, 5.41) is 9.91. The average molecular weight is 633 g/mol. The fourth-order valence-corrected chi connectivity index (χ4v) is 4.86. The van der Waals surface area contributed by atoms with Gasteiger partial charge in [-0.25, -0.2) is 9.68 Å². The molecule has 8 heteroatoms. The van der Waals surface area contributed by atoms with E-state index in [0.29, 0.717) is 38.0 Å². The van der Waals surface area contributed by atoms with Gasteiger partial charge in [0.25, 0.3) is 5.91 Å². The first-order valence-electron chi connectivity index (χ1n) is 9.31. The standard InChI is InChI=1S/C22H21I2NO5/c1-22(2,21(28)30-29-16-6-4-3-5-7-16)15-8-10-25(11-9-15)20(27)14-12-17(23)19(26)18(24)13-14/h3-8,12-13,26H,9-11H2,1-2H3. The highest BCUT2D eigenvalue weighted by molar-refractivity contribution is 14.1. The van der Waals surface area contributed by atoms with Gasteiger partial charge in [0.15, 0.2) is 5.75 Å². The lowest BCUT2D eigenvalue weighted by atomic mass is 9.81. The van der Waals surface area contributed by atoms with Crippen LogP contribution >= 0.6 is 45.2 Å². The third kappa shape index (κ3) is 5.08. The second-order valence-electron chi connectivity index (χ2n) is 7.41. The molecule has 0 radical (unpaired) electrons. The van der Waals surface area contributed by atoms with Crippen LogP contribution in [0, 0.1) is 12.6 Å². The summed E-state index contributed by atoms with van der Waals surface area (Å²) in [5.74, 6) is 0.0507. The summed E-state index contributed by atoms with van der Waals surface area (Å²) in [6.45, 7) is 4.47. The Kier molecular flexibility index (Phi) is 7.27. The molecular formula is C22H21I2NO5. The lowest BCUT2D eigenvalue weighted by Gasteiger charge is -2.32. The molecule has 0 spiro atoms. The van der Waals surface area contributed by atoms with Gasteiger partial charge >= 0.3 is 5.97 Å². The van der Waals surface area contributed by atoms with E-state index >= 15 is 0 Å². The first-order valence-corrected chi connectivity index (χ1v) is 11.5. The van der Waals surface area contributed by atoms with Crippen molar-refractivity contribution in [2.24, 2.45) is 5.41 Å². The van der Waals surface area contributed by atoms with Crippen molar-refractivity contribution in [3.63, 3.8) is 0 Å². The van der Waals surface area contributed by atoms with E-state index in [-0.39, 0.29) is 11.7 Å². The number of hydrogen-bond acceptors (Lipinski definition) is 5. The van der Waals surface area contributed by atoms with Crippen LogP contribution in [0.4, 0.5) is 0 Å². The number of benzene rings is 2. The molecular weight excluding hydrogens is 612 g/mol. The first-order chi connectivity index (χ1) is 14.2. The summed E-state index contributed by atoms with van der Waals surface area (Å²) in [6, 6.07) is 12.2. The number of carbonyl (C=O) groups excluding carboxylic acids is 2. The Morgan fingerprint density at radius 1 is 1.10 bits per heavy atom. The number of amides is 1. The molecule has 1 aliphatic rings. The quantitative estimate of drug-likeness (QED) is 0.219. The van der Waals surface area contributed by atoms with Crippen LogP contribution in [0.2, 0.25) is 0 Å². The number of phenols is 1. The van der Waals surface area contributed by atoms with Crippen LogP contribution < -0.4 is 4.89 Å². The van der Waals surface area contributed by atoms with Crippen molar-refractivity contribution in [1.82, 2.24) is 4.90 Å². The monoisotopic (exact) mass is 633 g/mol.